The van der Waals surface area contributed by atoms with Gasteiger partial charge in [0.2, 0.25) is 0 Å². The fourth-order valence-corrected chi connectivity index (χ4v) is 4.53. The highest BCUT2D eigenvalue weighted by Gasteiger charge is 2.16. The van der Waals surface area contributed by atoms with E-state index in [4.69, 9.17) is 4.98 Å². The zero-order chi connectivity index (χ0) is 20.0. The lowest BCUT2D eigenvalue weighted by atomic mass is 10.1. The topological polar surface area (TPSA) is 98.5 Å². The molecule has 0 bridgehead atoms. The summed E-state index contributed by atoms with van der Waals surface area (Å²) in [4.78, 5) is 26.8. The SMILES string of the molecule is C[C@H](NC(=O)c1csnn1)c1cccc(-c2nc3c(ncc4ncn(C)c43)s2)c1. The molecule has 0 aliphatic heterocycles. The molecule has 1 atom stereocenters. The van der Waals surface area contributed by atoms with E-state index in [1.54, 1.807) is 29.2 Å². The Kier molecular flexibility index (Phi) is 4.29. The first-order chi connectivity index (χ1) is 14.1. The molecule has 1 N–H and O–H groups in total. The fraction of sp³-hybridized carbons (Fsp3) is 0.158. The number of imidazole rings is 1. The van der Waals surface area contributed by atoms with Gasteiger partial charge in [0.05, 0.1) is 24.1 Å². The van der Waals surface area contributed by atoms with E-state index in [-0.39, 0.29) is 11.9 Å². The van der Waals surface area contributed by atoms with E-state index in [1.807, 2.05) is 42.8 Å². The third-order valence-electron chi connectivity index (χ3n) is 4.68. The average Bonchev–Trinajstić information content (AvgIpc) is 3.47. The van der Waals surface area contributed by atoms with E-state index in [0.717, 1.165) is 49.0 Å². The summed E-state index contributed by atoms with van der Waals surface area (Å²) in [5.41, 5.74) is 4.96. The van der Waals surface area contributed by atoms with Crippen molar-refractivity contribution in [1.82, 2.24) is 34.4 Å². The molecular formula is C19H15N7OS2. The molecule has 0 aliphatic rings. The minimum Gasteiger partial charge on any atom is -0.344 e. The van der Waals surface area contributed by atoms with Crippen LogP contribution in [0.15, 0.2) is 42.2 Å². The normalized spacial score (nSPS) is 12.5. The third-order valence-corrected chi connectivity index (χ3v) is 6.19. The maximum absolute atomic E-state index is 12.3. The number of carbonyl (C=O) groups is 1. The number of thiazole rings is 1. The number of fused-ring (bicyclic) bond motifs is 3. The Labute approximate surface area is 173 Å². The van der Waals surface area contributed by atoms with Crippen molar-refractivity contribution in [3.05, 3.63) is 53.4 Å². The lowest BCUT2D eigenvalue weighted by Gasteiger charge is -2.14. The van der Waals surface area contributed by atoms with Crippen LogP contribution in [-0.4, -0.2) is 35.0 Å². The highest BCUT2D eigenvalue weighted by Crippen LogP contribution is 2.33. The van der Waals surface area contributed by atoms with E-state index in [2.05, 4.69) is 24.9 Å². The molecule has 5 rings (SSSR count). The van der Waals surface area contributed by atoms with Crippen molar-refractivity contribution < 1.29 is 4.79 Å². The molecule has 4 heterocycles. The molecule has 10 heteroatoms. The molecule has 5 aromatic rings. The van der Waals surface area contributed by atoms with Gasteiger partial charge >= 0.3 is 0 Å². The number of nitrogens with one attached hydrogen (secondary N) is 1. The zero-order valence-electron chi connectivity index (χ0n) is 15.5. The number of aromatic nitrogens is 6. The predicted octanol–water partition coefficient (Wildman–Crippen LogP) is 3.59. The summed E-state index contributed by atoms with van der Waals surface area (Å²) < 4.78 is 5.70. The van der Waals surface area contributed by atoms with Gasteiger partial charge in [-0.05, 0) is 30.1 Å². The lowest BCUT2D eigenvalue weighted by molar-refractivity contribution is 0.0935. The molecule has 8 nitrogen and oxygen atoms in total. The Morgan fingerprint density at radius 1 is 1.28 bits per heavy atom. The minimum absolute atomic E-state index is 0.180. The van der Waals surface area contributed by atoms with Crippen molar-refractivity contribution in [3.8, 4) is 10.6 Å². The Morgan fingerprint density at radius 2 is 2.17 bits per heavy atom. The summed E-state index contributed by atoms with van der Waals surface area (Å²) >= 11 is 2.70. The molecule has 1 aromatic carbocycles. The molecule has 0 unspecified atom stereocenters. The predicted molar refractivity (Wildman–Crippen MR) is 113 cm³/mol. The Balaban J connectivity index is 1.48. The van der Waals surface area contributed by atoms with Crippen molar-refractivity contribution in [2.75, 3.05) is 0 Å². The number of carbonyl (C=O) groups excluding carboxylic acids is 1. The summed E-state index contributed by atoms with van der Waals surface area (Å²) in [6.07, 6.45) is 3.55. The molecule has 4 aromatic heterocycles. The summed E-state index contributed by atoms with van der Waals surface area (Å²) in [7, 11) is 1.95. The van der Waals surface area contributed by atoms with Crippen LogP contribution >= 0.6 is 22.9 Å². The molecule has 0 spiro atoms. The second-order valence-electron chi connectivity index (χ2n) is 6.63. The summed E-state index contributed by atoms with van der Waals surface area (Å²) in [5.74, 6) is -0.237. The van der Waals surface area contributed by atoms with E-state index in [9.17, 15) is 4.79 Å². The number of amides is 1. The van der Waals surface area contributed by atoms with Crippen molar-refractivity contribution in [2.45, 2.75) is 13.0 Å². The van der Waals surface area contributed by atoms with Gasteiger partial charge in [-0.15, -0.1) is 5.10 Å². The van der Waals surface area contributed by atoms with Gasteiger partial charge in [0.1, 0.15) is 20.9 Å². The lowest BCUT2D eigenvalue weighted by Crippen LogP contribution is -2.26. The van der Waals surface area contributed by atoms with Gasteiger partial charge < -0.3 is 9.88 Å². The molecular weight excluding hydrogens is 406 g/mol. The fourth-order valence-electron chi connectivity index (χ4n) is 3.19. The summed E-state index contributed by atoms with van der Waals surface area (Å²) in [6, 6.07) is 7.83. The number of aryl methyl sites for hydroxylation is 1. The van der Waals surface area contributed by atoms with Gasteiger partial charge in [0, 0.05) is 18.0 Å². The first kappa shape index (κ1) is 17.8. The van der Waals surface area contributed by atoms with Crippen molar-refractivity contribution in [2.24, 2.45) is 7.05 Å². The highest BCUT2D eigenvalue weighted by atomic mass is 32.1. The molecule has 0 saturated heterocycles. The van der Waals surface area contributed by atoms with Gasteiger partial charge in [-0.25, -0.2) is 15.0 Å². The molecule has 1 amide bonds. The standard InChI is InChI=1S/C19H15N7OS2/c1-10(22-17(27)14-8-28-25-24-14)11-4-3-5-12(6-11)18-23-15-16-13(21-9-26(16)2)7-20-19(15)29-18/h3-10H,1-2H3,(H,22,27)/t10-/m0/s1. The first-order valence-corrected chi connectivity index (χ1v) is 10.5. The maximum atomic E-state index is 12.3. The molecule has 0 radical (unpaired) electrons. The largest absolute Gasteiger partial charge is 0.344 e. The van der Waals surface area contributed by atoms with Crippen LogP contribution < -0.4 is 5.32 Å². The van der Waals surface area contributed by atoms with E-state index in [0.29, 0.717) is 5.69 Å². The average molecular weight is 422 g/mol. The van der Waals surface area contributed by atoms with Gasteiger partial charge in [-0.1, -0.05) is 34.0 Å². The van der Waals surface area contributed by atoms with Crippen LogP contribution in [0.2, 0.25) is 0 Å². The smallest absolute Gasteiger partial charge is 0.273 e. The summed E-state index contributed by atoms with van der Waals surface area (Å²) in [6.45, 7) is 1.94. The zero-order valence-corrected chi connectivity index (χ0v) is 17.2. The van der Waals surface area contributed by atoms with Crippen molar-refractivity contribution in [1.29, 1.82) is 0 Å². The molecule has 144 valence electrons. The molecule has 29 heavy (non-hydrogen) atoms. The molecule has 0 aliphatic carbocycles. The van der Waals surface area contributed by atoms with Gasteiger partial charge in [0.25, 0.3) is 5.91 Å². The number of hydrogen-bond acceptors (Lipinski definition) is 8. The van der Waals surface area contributed by atoms with Crippen LogP contribution in [0.3, 0.4) is 0 Å². The van der Waals surface area contributed by atoms with E-state index < -0.39 is 0 Å². The van der Waals surface area contributed by atoms with Crippen LogP contribution in [-0.2, 0) is 7.05 Å². The maximum Gasteiger partial charge on any atom is 0.273 e. The Bertz CT molecular complexity index is 1340. The first-order valence-electron chi connectivity index (χ1n) is 8.85. The molecule has 0 saturated carbocycles. The third kappa shape index (κ3) is 3.15. The van der Waals surface area contributed by atoms with Gasteiger partial charge in [-0.2, -0.15) is 0 Å². The van der Waals surface area contributed by atoms with E-state index >= 15 is 0 Å². The molecule has 0 fully saturated rings. The number of rotatable bonds is 4. The van der Waals surface area contributed by atoms with Crippen LogP contribution in [0, 0.1) is 0 Å². The van der Waals surface area contributed by atoms with Crippen LogP contribution in [0.1, 0.15) is 29.0 Å². The monoisotopic (exact) mass is 421 g/mol. The highest BCUT2D eigenvalue weighted by molar-refractivity contribution is 7.21. The van der Waals surface area contributed by atoms with E-state index in [1.165, 1.54) is 0 Å². The van der Waals surface area contributed by atoms with Gasteiger partial charge in [-0.3, -0.25) is 4.79 Å². The quantitative estimate of drug-likeness (QED) is 0.476. The van der Waals surface area contributed by atoms with Crippen LogP contribution in [0.4, 0.5) is 0 Å². The number of nitrogens with zero attached hydrogens (tertiary/aromatic N) is 6. The second kappa shape index (κ2) is 6.98. The number of benzene rings is 1. The number of pyridine rings is 1. The van der Waals surface area contributed by atoms with Crippen molar-refractivity contribution >= 4 is 50.2 Å². The second-order valence-corrected chi connectivity index (χ2v) is 8.22. The van der Waals surface area contributed by atoms with Crippen LogP contribution in [0.25, 0.3) is 32.0 Å². The number of hydrogen-bond donors (Lipinski definition) is 1. The van der Waals surface area contributed by atoms with Crippen molar-refractivity contribution in [3.63, 3.8) is 0 Å². The van der Waals surface area contributed by atoms with Gasteiger partial charge in [0.15, 0.2) is 5.69 Å². The summed E-state index contributed by atoms with van der Waals surface area (Å²) in [5, 5.41) is 9.28. The Morgan fingerprint density at radius 3 is 3.00 bits per heavy atom. The Hall–Kier alpha value is -3.24. The minimum atomic E-state index is -0.237. The van der Waals surface area contributed by atoms with Crippen LogP contribution in [0.5, 0.6) is 0 Å².